The van der Waals surface area contributed by atoms with Crippen LogP contribution in [0.15, 0.2) is 83.8 Å². The van der Waals surface area contributed by atoms with Crippen molar-refractivity contribution >= 4 is 62.7 Å². The van der Waals surface area contributed by atoms with Gasteiger partial charge >= 0.3 is 5.97 Å². The highest BCUT2D eigenvalue weighted by atomic mass is 32.2. The van der Waals surface area contributed by atoms with E-state index in [1.54, 1.807) is 36.3 Å². The van der Waals surface area contributed by atoms with E-state index in [9.17, 15) is 9.59 Å². The van der Waals surface area contributed by atoms with E-state index in [0.29, 0.717) is 33.6 Å². The second-order valence-corrected chi connectivity index (χ2v) is 10.5. The quantitative estimate of drug-likeness (QED) is 0.163. The second kappa shape index (κ2) is 10.7. The van der Waals surface area contributed by atoms with Crippen LogP contribution in [0.3, 0.4) is 0 Å². The van der Waals surface area contributed by atoms with Crippen LogP contribution >= 0.6 is 24.0 Å². The number of ether oxygens (including phenoxy) is 1. The maximum Gasteiger partial charge on any atom is 0.335 e. The molecular formula is C30H24N2O4S2. The van der Waals surface area contributed by atoms with Crippen molar-refractivity contribution in [1.82, 2.24) is 4.90 Å². The number of rotatable bonds is 7. The van der Waals surface area contributed by atoms with Gasteiger partial charge in [-0.3, -0.25) is 9.69 Å². The summed E-state index contributed by atoms with van der Waals surface area (Å²) in [7, 11) is 1.62. The molecule has 1 aliphatic heterocycles. The molecule has 8 heteroatoms. The summed E-state index contributed by atoms with van der Waals surface area (Å²) in [5.74, 6) is -0.432. The number of nitrogens with zero attached hydrogens (tertiary/aromatic N) is 1. The molecule has 0 radical (unpaired) electrons. The maximum absolute atomic E-state index is 13.2. The minimum absolute atomic E-state index is 0.148. The third-order valence-corrected chi connectivity index (χ3v) is 7.81. The van der Waals surface area contributed by atoms with Gasteiger partial charge in [-0.05, 0) is 70.8 Å². The maximum atomic E-state index is 13.2. The summed E-state index contributed by atoms with van der Waals surface area (Å²) in [5, 5.41) is 11.2. The van der Waals surface area contributed by atoms with E-state index in [1.165, 1.54) is 11.8 Å². The molecule has 4 aromatic carbocycles. The molecule has 1 heterocycles. The number of carboxylic acid groups (broad SMARTS) is 1. The van der Waals surface area contributed by atoms with E-state index < -0.39 is 5.97 Å². The molecule has 0 atom stereocenters. The number of hydrogen-bond donors (Lipinski definition) is 2. The van der Waals surface area contributed by atoms with Crippen LogP contribution < -0.4 is 10.5 Å². The minimum atomic E-state index is -0.969. The molecule has 1 saturated heterocycles. The van der Waals surface area contributed by atoms with E-state index in [-0.39, 0.29) is 11.5 Å². The zero-order valence-corrected chi connectivity index (χ0v) is 22.1. The molecule has 0 aromatic heterocycles. The lowest BCUT2D eigenvalue weighted by Crippen LogP contribution is -2.30. The standard InChI is InChI=1S/C30H24N2O4S2/c1-36-26-11-8-19(14-24(26)23-16-21-4-2-3-5-22(21)17-25(23)31)15-27-28(33)32(30(37)38-27)13-12-18-6-9-20(10-7-18)29(34)35/h2-11,14-17H,12-13,31H2,1H3,(H,34,35)/b27-15-. The lowest BCUT2D eigenvalue weighted by Gasteiger charge is -2.14. The highest BCUT2D eigenvalue weighted by Gasteiger charge is 2.31. The largest absolute Gasteiger partial charge is 0.496 e. The van der Waals surface area contributed by atoms with Gasteiger partial charge in [0, 0.05) is 23.4 Å². The number of methoxy groups -OCH3 is 1. The molecule has 4 aromatic rings. The van der Waals surface area contributed by atoms with Crippen molar-refractivity contribution < 1.29 is 19.4 Å². The first-order valence-electron chi connectivity index (χ1n) is 11.9. The SMILES string of the molecule is COc1ccc(/C=C2\SC(=S)N(CCc3ccc(C(=O)O)cc3)C2=O)cc1-c1cc2ccccc2cc1N. The number of nitrogen functional groups attached to an aromatic ring is 1. The van der Waals surface area contributed by atoms with Crippen molar-refractivity contribution in [3.63, 3.8) is 0 Å². The number of carbonyl (C=O) groups excluding carboxylic acids is 1. The van der Waals surface area contributed by atoms with E-state index in [0.717, 1.165) is 33.0 Å². The van der Waals surface area contributed by atoms with Gasteiger partial charge in [-0.15, -0.1) is 0 Å². The number of carboxylic acids is 1. The zero-order valence-electron chi connectivity index (χ0n) is 20.5. The summed E-state index contributed by atoms with van der Waals surface area (Å²) in [5.41, 5.74) is 10.8. The molecule has 1 amide bonds. The van der Waals surface area contributed by atoms with Crippen LogP contribution in [-0.2, 0) is 11.2 Å². The Labute approximate surface area is 229 Å². The molecule has 5 rings (SSSR count). The highest BCUT2D eigenvalue weighted by molar-refractivity contribution is 8.26. The van der Waals surface area contributed by atoms with E-state index in [2.05, 4.69) is 6.07 Å². The lowest BCUT2D eigenvalue weighted by molar-refractivity contribution is -0.122. The van der Waals surface area contributed by atoms with Gasteiger partial charge in [0.2, 0.25) is 0 Å². The molecule has 1 fully saturated rings. The topological polar surface area (TPSA) is 92.9 Å². The van der Waals surface area contributed by atoms with Crippen molar-refractivity contribution in [2.24, 2.45) is 0 Å². The Morgan fingerprint density at radius 1 is 1.03 bits per heavy atom. The fourth-order valence-electron chi connectivity index (χ4n) is 4.42. The van der Waals surface area contributed by atoms with Crippen molar-refractivity contribution in [3.8, 4) is 16.9 Å². The van der Waals surface area contributed by atoms with Crippen molar-refractivity contribution in [2.75, 3.05) is 19.4 Å². The molecule has 0 spiro atoms. The molecule has 0 aliphatic carbocycles. The van der Waals surface area contributed by atoms with Gasteiger partial charge in [0.25, 0.3) is 5.91 Å². The Bertz CT molecular complexity index is 1610. The number of fused-ring (bicyclic) bond motifs is 1. The number of hydrogen-bond acceptors (Lipinski definition) is 6. The van der Waals surface area contributed by atoms with Gasteiger partial charge in [0.15, 0.2) is 0 Å². The minimum Gasteiger partial charge on any atom is -0.496 e. The van der Waals surface area contributed by atoms with Crippen molar-refractivity contribution in [2.45, 2.75) is 6.42 Å². The predicted octanol–water partition coefficient (Wildman–Crippen LogP) is 6.24. The fourth-order valence-corrected chi connectivity index (χ4v) is 5.72. The van der Waals surface area contributed by atoms with Crippen LogP contribution in [0.1, 0.15) is 21.5 Å². The average molecular weight is 541 g/mol. The Hall–Kier alpha value is -4.14. The molecule has 190 valence electrons. The first-order chi connectivity index (χ1) is 18.3. The third-order valence-electron chi connectivity index (χ3n) is 6.43. The normalized spacial score (nSPS) is 14.4. The molecule has 6 nitrogen and oxygen atoms in total. The van der Waals surface area contributed by atoms with Gasteiger partial charge in [0.05, 0.1) is 17.6 Å². The summed E-state index contributed by atoms with van der Waals surface area (Å²) in [6, 6.07) is 24.4. The fraction of sp³-hybridized carbons (Fsp3) is 0.100. The molecule has 3 N–H and O–H groups in total. The number of amides is 1. The monoisotopic (exact) mass is 540 g/mol. The first kappa shape index (κ1) is 25.5. The molecular weight excluding hydrogens is 516 g/mol. The third kappa shape index (κ3) is 5.14. The first-order valence-corrected chi connectivity index (χ1v) is 13.1. The van der Waals surface area contributed by atoms with Gasteiger partial charge < -0.3 is 15.6 Å². The van der Waals surface area contributed by atoms with Crippen LogP contribution in [0.5, 0.6) is 5.75 Å². The van der Waals surface area contributed by atoms with Crippen LogP contribution in [0.2, 0.25) is 0 Å². The van der Waals surface area contributed by atoms with Gasteiger partial charge in [0.1, 0.15) is 10.1 Å². The summed E-state index contributed by atoms with van der Waals surface area (Å²) in [6.45, 7) is 0.413. The van der Waals surface area contributed by atoms with Crippen LogP contribution in [-0.4, -0.2) is 39.9 Å². The average Bonchev–Trinajstić information content (AvgIpc) is 3.18. The summed E-state index contributed by atoms with van der Waals surface area (Å²) in [4.78, 5) is 26.4. The molecule has 0 unspecified atom stereocenters. The number of aromatic carboxylic acids is 1. The van der Waals surface area contributed by atoms with Gasteiger partial charge in [-0.2, -0.15) is 0 Å². The number of nitrogens with two attached hydrogens (primary N) is 1. The zero-order chi connectivity index (χ0) is 26.8. The molecule has 1 aliphatic rings. The van der Waals surface area contributed by atoms with E-state index >= 15 is 0 Å². The Balaban J connectivity index is 1.39. The van der Waals surface area contributed by atoms with E-state index in [4.69, 9.17) is 27.8 Å². The number of benzene rings is 4. The van der Waals surface area contributed by atoms with Crippen LogP contribution in [0.25, 0.3) is 28.0 Å². The van der Waals surface area contributed by atoms with Crippen LogP contribution in [0, 0.1) is 0 Å². The van der Waals surface area contributed by atoms with Gasteiger partial charge in [-0.1, -0.05) is 66.4 Å². The Morgan fingerprint density at radius 3 is 2.42 bits per heavy atom. The van der Waals surface area contributed by atoms with Crippen LogP contribution in [0.4, 0.5) is 5.69 Å². The number of thioether (sulfide) groups is 1. The predicted molar refractivity (Wildman–Crippen MR) is 157 cm³/mol. The Kier molecular flexibility index (Phi) is 7.18. The highest BCUT2D eigenvalue weighted by Crippen LogP contribution is 2.39. The molecule has 38 heavy (non-hydrogen) atoms. The number of anilines is 1. The second-order valence-electron chi connectivity index (χ2n) is 8.83. The summed E-state index contributed by atoms with van der Waals surface area (Å²) >= 11 is 6.77. The van der Waals surface area contributed by atoms with Crippen molar-refractivity contribution in [1.29, 1.82) is 0 Å². The molecule has 0 bridgehead atoms. The Morgan fingerprint density at radius 2 is 1.74 bits per heavy atom. The molecule has 0 saturated carbocycles. The van der Waals surface area contributed by atoms with E-state index in [1.807, 2.05) is 54.6 Å². The number of thiocarbonyl (C=S) groups is 1. The summed E-state index contributed by atoms with van der Waals surface area (Å²) < 4.78 is 6.13. The van der Waals surface area contributed by atoms with Gasteiger partial charge in [-0.25, -0.2) is 4.79 Å². The lowest BCUT2D eigenvalue weighted by atomic mass is 9.97. The smallest absolute Gasteiger partial charge is 0.335 e. The summed E-state index contributed by atoms with van der Waals surface area (Å²) in [6.07, 6.45) is 2.40. The van der Waals surface area contributed by atoms with Crippen molar-refractivity contribution in [3.05, 3.63) is 100 Å². The number of carbonyl (C=O) groups is 2.